The second kappa shape index (κ2) is 4.60. The van der Waals surface area contributed by atoms with Crippen LogP contribution >= 0.6 is 0 Å². The molecule has 1 N–H and O–H groups in total. The molecule has 1 saturated carbocycles. The van der Waals surface area contributed by atoms with Crippen LogP contribution in [0.2, 0.25) is 0 Å². The molecule has 1 fully saturated rings. The van der Waals surface area contributed by atoms with Crippen molar-refractivity contribution >= 4 is 5.82 Å². The normalized spacial score (nSPS) is 26.3. The van der Waals surface area contributed by atoms with Crippen LogP contribution in [0.1, 0.15) is 38.3 Å². The van der Waals surface area contributed by atoms with Crippen molar-refractivity contribution in [2.75, 3.05) is 5.32 Å². The molecule has 0 aliphatic heterocycles. The van der Waals surface area contributed by atoms with Gasteiger partial charge in [-0.25, -0.2) is 4.98 Å². The van der Waals surface area contributed by atoms with Crippen LogP contribution in [0.5, 0.6) is 0 Å². The summed E-state index contributed by atoms with van der Waals surface area (Å²) in [5.74, 6) is 1.80. The highest BCUT2D eigenvalue weighted by Crippen LogP contribution is 2.25. The predicted molar refractivity (Wildman–Crippen MR) is 61.8 cm³/mol. The van der Waals surface area contributed by atoms with Gasteiger partial charge in [-0.2, -0.15) is 0 Å². The minimum absolute atomic E-state index is 0.587. The average Bonchev–Trinajstić information content (AvgIpc) is 2.22. The Hall–Kier alpha value is -1.12. The van der Waals surface area contributed by atoms with E-state index in [2.05, 4.69) is 22.2 Å². The standard InChI is InChI=1S/C12H19N3/c1-9-4-3-5-11(8-9)15-12-10(2)13-6-7-14-12/h6-7,9,11H,3-5,8H2,1-2H3,(H,14,15). The molecule has 0 amide bonds. The molecule has 1 aromatic rings. The minimum Gasteiger partial charge on any atom is -0.366 e. The SMILES string of the molecule is Cc1nccnc1NC1CCCC(C)C1. The van der Waals surface area contributed by atoms with Crippen molar-refractivity contribution in [3.63, 3.8) is 0 Å². The molecular weight excluding hydrogens is 186 g/mol. The van der Waals surface area contributed by atoms with E-state index < -0.39 is 0 Å². The van der Waals surface area contributed by atoms with Crippen molar-refractivity contribution in [3.05, 3.63) is 18.1 Å². The van der Waals surface area contributed by atoms with E-state index in [-0.39, 0.29) is 0 Å². The summed E-state index contributed by atoms with van der Waals surface area (Å²) in [5.41, 5.74) is 0.996. The number of aryl methyl sites for hydroxylation is 1. The van der Waals surface area contributed by atoms with Gasteiger partial charge in [0, 0.05) is 18.4 Å². The Morgan fingerprint density at radius 2 is 2.07 bits per heavy atom. The van der Waals surface area contributed by atoms with E-state index in [1.165, 1.54) is 25.7 Å². The Balaban J connectivity index is 1.99. The van der Waals surface area contributed by atoms with Crippen molar-refractivity contribution < 1.29 is 0 Å². The van der Waals surface area contributed by atoms with Crippen LogP contribution in [0.3, 0.4) is 0 Å². The van der Waals surface area contributed by atoms with E-state index in [4.69, 9.17) is 0 Å². The third kappa shape index (κ3) is 2.67. The van der Waals surface area contributed by atoms with Crippen LogP contribution in [0, 0.1) is 12.8 Å². The van der Waals surface area contributed by atoms with Crippen molar-refractivity contribution in [1.82, 2.24) is 9.97 Å². The van der Waals surface area contributed by atoms with Gasteiger partial charge in [-0.15, -0.1) is 0 Å². The molecule has 0 radical (unpaired) electrons. The van der Waals surface area contributed by atoms with Crippen LogP contribution in [-0.2, 0) is 0 Å². The number of hydrogen-bond acceptors (Lipinski definition) is 3. The van der Waals surface area contributed by atoms with Crippen LogP contribution in [-0.4, -0.2) is 16.0 Å². The minimum atomic E-state index is 0.587. The Labute approximate surface area is 91.3 Å². The second-order valence-corrected chi connectivity index (χ2v) is 4.60. The first kappa shape index (κ1) is 10.4. The van der Waals surface area contributed by atoms with E-state index in [1.54, 1.807) is 12.4 Å². The zero-order valence-corrected chi connectivity index (χ0v) is 9.53. The van der Waals surface area contributed by atoms with Gasteiger partial charge in [0.1, 0.15) is 5.82 Å². The molecule has 15 heavy (non-hydrogen) atoms. The summed E-state index contributed by atoms with van der Waals surface area (Å²) in [6, 6.07) is 0.587. The summed E-state index contributed by atoms with van der Waals surface area (Å²) in [5, 5.41) is 3.51. The van der Waals surface area contributed by atoms with Crippen molar-refractivity contribution in [3.8, 4) is 0 Å². The second-order valence-electron chi connectivity index (χ2n) is 4.60. The van der Waals surface area contributed by atoms with E-state index in [0.29, 0.717) is 6.04 Å². The van der Waals surface area contributed by atoms with Gasteiger partial charge in [0.05, 0.1) is 5.69 Å². The number of hydrogen-bond donors (Lipinski definition) is 1. The summed E-state index contributed by atoms with van der Waals surface area (Å²) in [4.78, 5) is 8.56. The van der Waals surface area contributed by atoms with Crippen LogP contribution in [0.15, 0.2) is 12.4 Å². The fourth-order valence-corrected chi connectivity index (χ4v) is 2.31. The first-order chi connectivity index (χ1) is 7.25. The molecule has 3 heteroatoms. The molecule has 2 unspecified atom stereocenters. The average molecular weight is 205 g/mol. The largest absolute Gasteiger partial charge is 0.366 e. The van der Waals surface area contributed by atoms with Crippen molar-refractivity contribution in [1.29, 1.82) is 0 Å². The van der Waals surface area contributed by atoms with Gasteiger partial charge in [-0.1, -0.05) is 19.8 Å². The van der Waals surface area contributed by atoms with Gasteiger partial charge < -0.3 is 5.32 Å². The molecule has 2 atom stereocenters. The molecule has 3 nitrogen and oxygen atoms in total. The molecule has 0 spiro atoms. The third-order valence-corrected chi connectivity index (χ3v) is 3.16. The lowest BCUT2D eigenvalue weighted by Crippen LogP contribution is -2.27. The lowest BCUT2D eigenvalue weighted by atomic mass is 9.87. The van der Waals surface area contributed by atoms with E-state index in [1.807, 2.05) is 6.92 Å². The Morgan fingerprint density at radius 1 is 1.27 bits per heavy atom. The zero-order valence-electron chi connectivity index (χ0n) is 9.53. The molecule has 0 bridgehead atoms. The summed E-state index contributed by atoms with van der Waals surface area (Å²) in [6.07, 6.45) is 8.72. The lowest BCUT2D eigenvalue weighted by Gasteiger charge is -2.28. The summed E-state index contributed by atoms with van der Waals surface area (Å²) in [6.45, 7) is 4.33. The summed E-state index contributed by atoms with van der Waals surface area (Å²) < 4.78 is 0. The monoisotopic (exact) mass is 205 g/mol. The van der Waals surface area contributed by atoms with Gasteiger partial charge in [-0.05, 0) is 25.7 Å². The molecule has 1 aromatic heterocycles. The molecule has 82 valence electrons. The van der Waals surface area contributed by atoms with Crippen molar-refractivity contribution in [2.24, 2.45) is 5.92 Å². The lowest BCUT2D eigenvalue weighted by molar-refractivity contribution is 0.358. The zero-order chi connectivity index (χ0) is 10.7. The highest BCUT2D eigenvalue weighted by atomic mass is 15.0. The molecule has 0 aromatic carbocycles. The number of nitrogens with zero attached hydrogens (tertiary/aromatic N) is 2. The first-order valence-corrected chi connectivity index (χ1v) is 5.80. The van der Waals surface area contributed by atoms with Crippen LogP contribution in [0.4, 0.5) is 5.82 Å². The molecule has 2 rings (SSSR count). The molecule has 1 aliphatic rings. The smallest absolute Gasteiger partial charge is 0.147 e. The van der Waals surface area contributed by atoms with E-state index >= 15 is 0 Å². The Bertz CT molecular complexity index is 324. The summed E-state index contributed by atoms with van der Waals surface area (Å²) >= 11 is 0. The first-order valence-electron chi connectivity index (χ1n) is 5.80. The molecule has 1 aliphatic carbocycles. The maximum absolute atomic E-state index is 4.32. The topological polar surface area (TPSA) is 37.8 Å². The van der Waals surface area contributed by atoms with Gasteiger partial charge in [0.25, 0.3) is 0 Å². The fraction of sp³-hybridized carbons (Fsp3) is 0.667. The quantitative estimate of drug-likeness (QED) is 0.806. The van der Waals surface area contributed by atoms with Gasteiger partial charge in [-0.3, -0.25) is 4.98 Å². The molecular formula is C12H19N3. The highest BCUT2D eigenvalue weighted by Gasteiger charge is 2.19. The maximum Gasteiger partial charge on any atom is 0.147 e. The predicted octanol–water partition coefficient (Wildman–Crippen LogP) is 2.78. The van der Waals surface area contributed by atoms with Crippen LogP contribution < -0.4 is 5.32 Å². The number of anilines is 1. The van der Waals surface area contributed by atoms with Crippen molar-refractivity contribution in [2.45, 2.75) is 45.6 Å². The number of nitrogens with one attached hydrogen (secondary N) is 1. The Morgan fingerprint density at radius 3 is 2.80 bits per heavy atom. The van der Waals surface area contributed by atoms with E-state index in [9.17, 15) is 0 Å². The summed E-state index contributed by atoms with van der Waals surface area (Å²) in [7, 11) is 0. The molecule has 0 saturated heterocycles. The van der Waals surface area contributed by atoms with E-state index in [0.717, 1.165) is 17.4 Å². The van der Waals surface area contributed by atoms with Gasteiger partial charge in [0.15, 0.2) is 0 Å². The highest BCUT2D eigenvalue weighted by molar-refractivity contribution is 5.39. The fourth-order valence-electron chi connectivity index (χ4n) is 2.31. The van der Waals surface area contributed by atoms with Crippen LogP contribution in [0.25, 0.3) is 0 Å². The third-order valence-electron chi connectivity index (χ3n) is 3.16. The number of rotatable bonds is 2. The van der Waals surface area contributed by atoms with Gasteiger partial charge >= 0.3 is 0 Å². The Kier molecular flexibility index (Phi) is 3.19. The maximum atomic E-state index is 4.32. The number of aromatic nitrogens is 2. The molecule has 1 heterocycles. The van der Waals surface area contributed by atoms with Gasteiger partial charge in [0.2, 0.25) is 0 Å².